The lowest BCUT2D eigenvalue weighted by Gasteiger charge is -2.41. The van der Waals surface area contributed by atoms with Gasteiger partial charge in [0.2, 0.25) is 10.0 Å². The Morgan fingerprint density at radius 2 is 1.90 bits per heavy atom. The van der Waals surface area contributed by atoms with E-state index < -0.39 is 20.7 Å². The van der Waals surface area contributed by atoms with Gasteiger partial charge >= 0.3 is 0 Å². The van der Waals surface area contributed by atoms with E-state index in [1.54, 1.807) is 5.48 Å². The molecule has 164 valence electrons. The van der Waals surface area contributed by atoms with E-state index in [9.17, 15) is 13.2 Å². The zero-order valence-electron chi connectivity index (χ0n) is 16.5. The van der Waals surface area contributed by atoms with E-state index in [1.807, 2.05) is 17.2 Å². The van der Waals surface area contributed by atoms with Crippen molar-refractivity contribution in [1.29, 1.82) is 0 Å². The summed E-state index contributed by atoms with van der Waals surface area (Å²) >= 11 is 0. The van der Waals surface area contributed by atoms with Gasteiger partial charge in [0.1, 0.15) is 5.82 Å². The second-order valence-corrected chi connectivity index (χ2v) is 9.46. The molecule has 0 spiro atoms. The Balaban J connectivity index is 0.00000300. The number of hydroxylamine groups is 1. The predicted octanol–water partition coefficient (Wildman–Crippen LogP) is 0.962. The van der Waals surface area contributed by atoms with Crippen molar-refractivity contribution >= 4 is 34.2 Å². The van der Waals surface area contributed by atoms with Crippen molar-refractivity contribution in [3.63, 3.8) is 0 Å². The maximum absolute atomic E-state index is 13.3. The highest BCUT2D eigenvalue weighted by molar-refractivity contribution is 7.91. The maximum atomic E-state index is 13.3. The molecule has 2 aliphatic heterocycles. The Labute approximate surface area is 177 Å². The smallest absolute Gasteiger partial charge is 0.266 e. The first-order valence-electron chi connectivity index (χ1n) is 9.66. The zero-order valence-corrected chi connectivity index (χ0v) is 18.2. The van der Waals surface area contributed by atoms with Crippen LogP contribution in [0.4, 0.5) is 5.82 Å². The van der Waals surface area contributed by atoms with Crippen molar-refractivity contribution in [2.45, 2.75) is 37.4 Å². The number of piperazine rings is 1. The quantitative estimate of drug-likeness (QED) is 0.492. The molecule has 0 saturated carbocycles. The summed E-state index contributed by atoms with van der Waals surface area (Å²) in [5.41, 5.74) is 2.73. The SMILES string of the molecule is CCCc1ccc(N2CCN(S(=O)(=O)C3(C(=O)NO)CCOCC3)CC2)nc1.Cl. The predicted molar refractivity (Wildman–Crippen MR) is 111 cm³/mol. The van der Waals surface area contributed by atoms with E-state index in [0.29, 0.717) is 13.1 Å². The molecular formula is C18H29ClN4O5S. The highest BCUT2D eigenvalue weighted by Crippen LogP contribution is 2.33. The van der Waals surface area contributed by atoms with Gasteiger partial charge in [0, 0.05) is 58.4 Å². The van der Waals surface area contributed by atoms with E-state index in [0.717, 1.165) is 18.7 Å². The molecule has 2 aliphatic rings. The average molecular weight is 449 g/mol. The van der Waals surface area contributed by atoms with Gasteiger partial charge in [-0.3, -0.25) is 10.0 Å². The second-order valence-electron chi connectivity index (χ2n) is 7.21. The minimum atomic E-state index is -3.94. The number of nitrogens with one attached hydrogen (secondary N) is 1. The Bertz CT molecular complexity index is 776. The number of amides is 1. The highest BCUT2D eigenvalue weighted by Gasteiger charge is 2.54. The van der Waals surface area contributed by atoms with Crippen LogP contribution in [0.5, 0.6) is 0 Å². The number of aromatic nitrogens is 1. The molecule has 3 heterocycles. The number of hydrogen-bond donors (Lipinski definition) is 2. The fourth-order valence-corrected chi connectivity index (χ4v) is 5.95. The van der Waals surface area contributed by atoms with Gasteiger partial charge in [-0.1, -0.05) is 19.4 Å². The lowest BCUT2D eigenvalue weighted by atomic mass is 9.98. The second kappa shape index (κ2) is 10.0. The summed E-state index contributed by atoms with van der Waals surface area (Å²) < 4.78 is 31.5. The summed E-state index contributed by atoms with van der Waals surface area (Å²) in [5.74, 6) is -0.0582. The third-order valence-electron chi connectivity index (χ3n) is 5.56. The summed E-state index contributed by atoms with van der Waals surface area (Å²) in [5, 5.41) is 9.13. The molecule has 2 fully saturated rings. The van der Waals surface area contributed by atoms with Crippen LogP contribution in [0.15, 0.2) is 18.3 Å². The van der Waals surface area contributed by atoms with Gasteiger partial charge in [0.15, 0.2) is 4.75 Å². The molecule has 29 heavy (non-hydrogen) atoms. The Morgan fingerprint density at radius 1 is 1.24 bits per heavy atom. The maximum Gasteiger partial charge on any atom is 0.266 e. The average Bonchev–Trinajstić information content (AvgIpc) is 2.74. The number of carbonyl (C=O) groups excluding carboxylic acids is 1. The van der Waals surface area contributed by atoms with Gasteiger partial charge in [0.25, 0.3) is 5.91 Å². The van der Waals surface area contributed by atoms with Crippen LogP contribution in [0.1, 0.15) is 31.7 Å². The number of pyridine rings is 1. The van der Waals surface area contributed by atoms with Gasteiger partial charge < -0.3 is 9.64 Å². The van der Waals surface area contributed by atoms with Crippen molar-refractivity contribution in [3.05, 3.63) is 23.9 Å². The van der Waals surface area contributed by atoms with Crippen molar-refractivity contribution in [2.24, 2.45) is 0 Å². The largest absolute Gasteiger partial charge is 0.381 e. The van der Waals surface area contributed by atoms with Crippen LogP contribution in [0.3, 0.4) is 0 Å². The zero-order chi connectivity index (χ0) is 20.2. The van der Waals surface area contributed by atoms with E-state index in [4.69, 9.17) is 9.94 Å². The number of carbonyl (C=O) groups is 1. The van der Waals surface area contributed by atoms with Crippen LogP contribution in [0.25, 0.3) is 0 Å². The highest BCUT2D eigenvalue weighted by atomic mass is 35.5. The molecule has 0 atom stereocenters. The number of halogens is 1. The first-order chi connectivity index (χ1) is 13.4. The van der Waals surface area contributed by atoms with Crippen molar-refractivity contribution in [1.82, 2.24) is 14.8 Å². The third-order valence-corrected chi connectivity index (χ3v) is 8.19. The Hall–Kier alpha value is -1.46. The third kappa shape index (κ3) is 4.66. The lowest BCUT2D eigenvalue weighted by Crippen LogP contribution is -2.62. The molecule has 0 aliphatic carbocycles. The van der Waals surface area contributed by atoms with Gasteiger partial charge in [-0.25, -0.2) is 18.9 Å². The molecular weight excluding hydrogens is 420 g/mol. The van der Waals surface area contributed by atoms with Crippen molar-refractivity contribution in [2.75, 3.05) is 44.3 Å². The summed E-state index contributed by atoms with van der Waals surface area (Å²) in [6, 6.07) is 4.02. The van der Waals surface area contributed by atoms with Gasteiger partial charge in [0.05, 0.1) is 0 Å². The summed E-state index contributed by atoms with van der Waals surface area (Å²) in [4.78, 5) is 18.8. The molecule has 2 saturated heterocycles. The fourth-order valence-electron chi connectivity index (χ4n) is 3.85. The minimum Gasteiger partial charge on any atom is -0.381 e. The van der Waals surface area contributed by atoms with E-state index >= 15 is 0 Å². The van der Waals surface area contributed by atoms with E-state index in [1.165, 1.54) is 9.87 Å². The Morgan fingerprint density at radius 3 is 2.41 bits per heavy atom. The van der Waals surface area contributed by atoms with Crippen molar-refractivity contribution in [3.8, 4) is 0 Å². The van der Waals surface area contributed by atoms with Crippen LogP contribution in [-0.4, -0.2) is 73.0 Å². The number of rotatable bonds is 6. The van der Waals surface area contributed by atoms with Crippen LogP contribution >= 0.6 is 12.4 Å². The van der Waals surface area contributed by atoms with Crippen LogP contribution in [0, 0.1) is 0 Å². The molecule has 9 nitrogen and oxygen atoms in total. The Kier molecular flexibility index (Phi) is 8.24. The standard InChI is InChI=1S/C18H28N4O5S.ClH/c1-2-3-15-4-5-16(19-14-15)21-8-10-22(11-9-21)28(25,26)18(17(23)20-24)6-12-27-13-7-18;/h4-5,14,24H,2-3,6-13H2,1H3,(H,20,23);1H. The minimum absolute atomic E-state index is 0. The van der Waals surface area contributed by atoms with Gasteiger partial charge in [-0.05, 0) is 18.1 Å². The van der Waals surface area contributed by atoms with E-state index in [2.05, 4.69) is 18.0 Å². The number of aryl methyl sites for hydroxylation is 1. The number of ether oxygens (including phenoxy) is 1. The monoisotopic (exact) mass is 448 g/mol. The molecule has 1 aromatic heterocycles. The van der Waals surface area contributed by atoms with Gasteiger partial charge in [-0.2, -0.15) is 4.31 Å². The van der Waals surface area contributed by atoms with Crippen LogP contribution in [-0.2, 0) is 26.0 Å². The molecule has 3 rings (SSSR count). The molecule has 2 N–H and O–H groups in total. The number of hydrogen-bond acceptors (Lipinski definition) is 7. The molecule has 0 aromatic carbocycles. The molecule has 0 radical (unpaired) electrons. The molecule has 1 amide bonds. The number of sulfonamides is 1. The molecule has 11 heteroatoms. The molecule has 1 aromatic rings. The van der Waals surface area contributed by atoms with Crippen molar-refractivity contribution < 1.29 is 23.2 Å². The lowest BCUT2D eigenvalue weighted by molar-refractivity contribution is -0.134. The first kappa shape index (κ1) is 23.8. The van der Waals surface area contributed by atoms with E-state index in [-0.39, 0.29) is 51.6 Å². The normalized spacial score (nSPS) is 20.0. The first-order valence-corrected chi connectivity index (χ1v) is 11.1. The summed E-state index contributed by atoms with van der Waals surface area (Å²) in [6.07, 6.45) is 3.97. The number of anilines is 1. The number of nitrogens with zero attached hydrogens (tertiary/aromatic N) is 3. The molecule has 0 bridgehead atoms. The fraction of sp³-hybridized carbons (Fsp3) is 0.667. The summed E-state index contributed by atoms with van der Waals surface area (Å²) in [6.45, 7) is 3.97. The van der Waals surface area contributed by atoms with Gasteiger partial charge in [-0.15, -0.1) is 12.4 Å². The topological polar surface area (TPSA) is 112 Å². The van der Waals surface area contributed by atoms with Crippen LogP contribution in [0.2, 0.25) is 0 Å². The van der Waals surface area contributed by atoms with Crippen LogP contribution < -0.4 is 10.4 Å². The molecule has 0 unspecified atom stereocenters. The summed E-state index contributed by atoms with van der Waals surface area (Å²) in [7, 11) is -3.94.